The average molecular weight is 427 g/mol. The fourth-order valence-corrected chi connectivity index (χ4v) is 3.16. The highest BCUT2D eigenvalue weighted by Crippen LogP contribution is 2.43. The van der Waals surface area contributed by atoms with Gasteiger partial charge in [-0.25, -0.2) is 4.57 Å². The summed E-state index contributed by atoms with van der Waals surface area (Å²) < 4.78 is 27.2. The lowest BCUT2D eigenvalue weighted by Crippen LogP contribution is -2.37. The second-order valence-corrected chi connectivity index (χ2v) is 9.58. The molecule has 0 aromatic heterocycles. The van der Waals surface area contributed by atoms with Crippen LogP contribution in [-0.4, -0.2) is 74.1 Å². The summed E-state index contributed by atoms with van der Waals surface area (Å²) in [5, 5.41) is 9.30. The van der Waals surface area contributed by atoms with Gasteiger partial charge in [-0.05, 0) is 6.42 Å². The molecule has 9 heteroatoms. The van der Waals surface area contributed by atoms with Crippen LogP contribution >= 0.6 is 7.82 Å². The van der Waals surface area contributed by atoms with Crippen LogP contribution in [0.1, 0.15) is 64.7 Å². The topological polar surface area (TPSA) is 102 Å². The molecular weight excluding hydrogens is 385 g/mol. The van der Waals surface area contributed by atoms with Gasteiger partial charge in [0, 0.05) is 6.42 Å². The number of phosphoric acid groups is 1. The molecule has 0 amide bonds. The highest BCUT2D eigenvalue weighted by atomic mass is 31.2. The maximum atomic E-state index is 11.8. The van der Waals surface area contributed by atoms with E-state index in [9.17, 15) is 19.4 Å². The molecule has 0 rings (SSSR count). The lowest BCUT2D eigenvalue weighted by molar-refractivity contribution is -0.870. The van der Waals surface area contributed by atoms with Crippen molar-refractivity contribution in [2.24, 2.45) is 0 Å². The van der Waals surface area contributed by atoms with E-state index in [0.717, 1.165) is 19.3 Å². The van der Waals surface area contributed by atoms with E-state index in [1.807, 2.05) is 21.1 Å². The number of carbonyl (C=O) groups excluding carboxylic acids is 1. The Morgan fingerprint density at radius 1 is 1.00 bits per heavy atom. The summed E-state index contributed by atoms with van der Waals surface area (Å²) in [7, 11) is 1.55. The van der Waals surface area contributed by atoms with Crippen molar-refractivity contribution < 1.29 is 37.6 Å². The van der Waals surface area contributed by atoms with Gasteiger partial charge in [0.1, 0.15) is 19.3 Å². The number of nitrogens with zero attached hydrogens (tertiary/aromatic N) is 1. The highest BCUT2D eigenvalue weighted by molar-refractivity contribution is 7.47. The van der Waals surface area contributed by atoms with E-state index in [2.05, 4.69) is 6.92 Å². The number of hydrogen-bond donors (Lipinski definition) is 2. The van der Waals surface area contributed by atoms with Crippen LogP contribution in [0, 0.1) is 0 Å². The number of ether oxygens (including phenoxy) is 1. The Kier molecular flexibility index (Phi) is 15.1. The third kappa shape index (κ3) is 17.6. The number of likely N-dealkylation sites (N-methyl/N-ethyl adjacent to an activating group) is 1. The Labute approximate surface area is 170 Å². The van der Waals surface area contributed by atoms with Crippen LogP contribution in [0.4, 0.5) is 0 Å². The lowest BCUT2D eigenvalue weighted by atomic mass is 10.1. The quantitative estimate of drug-likeness (QED) is 0.150. The van der Waals surface area contributed by atoms with Crippen LogP contribution in [0.25, 0.3) is 0 Å². The molecule has 0 spiro atoms. The molecule has 0 aliphatic rings. The lowest BCUT2D eigenvalue weighted by Gasteiger charge is -2.24. The summed E-state index contributed by atoms with van der Waals surface area (Å²) in [6, 6.07) is 0. The molecule has 28 heavy (non-hydrogen) atoms. The van der Waals surface area contributed by atoms with E-state index in [1.165, 1.54) is 32.1 Å². The van der Waals surface area contributed by atoms with Crippen LogP contribution in [-0.2, 0) is 23.1 Å². The van der Waals surface area contributed by atoms with E-state index in [0.29, 0.717) is 11.0 Å². The maximum Gasteiger partial charge on any atom is 0.472 e. The number of quaternary nitrogens is 1. The zero-order chi connectivity index (χ0) is 21.5. The predicted molar refractivity (Wildman–Crippen MR) is 109 cm³/mol. The van der Waals surface area contributed by atoms with Crippen molar-refractivity contribution in [1.29, 1.82) is 0 Å². The molecule has 0 aromatic rings. The number of esters is 1. The van der Waals surface area contributed by atoms with Crippen molar-refractivity contribution in [2.45, 2.75) is 70.8 Å². The van der Waals surface area contributed by atoms with Gasteiger partial charge in [-0.15, -0.1) is 0 Å². The molecule has 8 nitrogen and oxygen atoms in total. The molecule has 0 radical (unpaired) electrons. The first-order chi connectivity index (χ1) is 13.1. The molecule has 0 fully saturated rings. The van der Waals surface area contributed by atoms with Crippen LogP contribution in [0.3, 0.4) is 0 Å². The Hall–Kier alpha value is -0.500. The van der Waals surface area contributed by atoms with E-state index in [-0.39, 0.29) is 13.0 Å². The predicted octanol–water partition coefficient (Wildman–Crippen LogP) is 3.26. The summed E-state index contributed by atoms with van der Waals surface area (Å²) in [5.74, 6) is -0.438. The van der Waals surface area contributed by atoms with Gasteiger partial charge in [0.15, 0.2) is 0 Å². The van der Waals surface area contributed by atoms with Gasteiger partial charge >= 0.3 is 13.8 Å². The average Bonchev–Trinajstić information content (AvgIpc) is 2.59. The monoisotopic (exact) mass is 426 g/mol. The summed E-state index contributed by atoms with van der Waals surface area (Å²) in [6.07, 6.45) is 8.28. The van der Waals surface area contributed by atoms with Gasteiger partial charge in [0.2, 0.25) is 0 Å². The number of rotatable bonds is 18. The minimum absolute atomic E-state index is 0.0549. The first-order valence-electron chi connectivity index (χ1n) is 10.3. The molecule has 0 saturated heterocycles. The maximum absolute atomic E-state index is 11.8. The smallest absolute Gasteiger partial charge is 0.457 e. The molecule has 1 unspecified atom stereocenters. The van der Waals surface area contributed by atoms with Gasteiger partial charge in [0.05, 0.1) is 34.4 Å². The summed E-state index contributed by atoms with van der Waals surface area (Å²) in [4.78, 5) is 21.5. The molecule has 0 aliphatic carbocycles. The van der Waals surface area contributed by atoms with Crippen LogP contribution in [0.5, 0.6) is 0 Å². The van der Waals surface area contributed by atoms with Crippen molar-refractivity contribution >= 4 is 13.8 Å². The first kappa shape index (κ1) is 27.5. The zero-order valence-electron chi connectivity index (χ0n) is 18.1. The molecule has 0 heterocycles. The second-order valence-electron chi connectivity index (χ2n) is 8.13. The van der Waals surface area contributed by atoms with Crippen molar-refractivity contribution in [3.05, 3.63) is 0 Å². The van der Waals surface area contributed by atoms with E-state index in [4.69, 9.17) is 13.8 Å². The summed E-state index contributed by atoms with van der Waals surface area (Å²) in [6.45, 7) is 1.90. The van der Waals surface area contributed by atoms with Gasteiger partial charge in [-0.3, -0.25) is 13.8 Å². The van der Waals surface area contributed by atoms with Gasteiger partial charge < -0.3 is 19.2 Å². The minimum Gasteiger partial charge on any atom is -0.457 e. The van der Waals surface area contributed by atoms with Crippen molar-refractivity contribution in [3.63, 3.8) is 0 Å². The van der Waals surface area contributed by atoms with E-state index >= 15 is 0 Å². The molecular formula is C19H41NO7P+. The fourth-order valence-electron chi connectivity index (χ4n) is 2.42. The molecule has 0 saturated carbocycles. The van der Waals surface area contributed by atoms with Crippen LogP contribution in [0.2, 0.25) is 0 Å². The van der Waals surface area contributed by atoms with Gasteiger partial charge in [0.25, 0.3) is 0 Å². The minimum atomic E-state index is -4.24. The van der Waals surface area contributed by atoms with Crippen molar-refractivity contribution in [3.8, 4) is 0 Å². The molecule has 0 aliphatic heterocycles. The normalized spacial score (nSPS) is 15.2. The van der Waals surface area contributed by atoms with E-state index < -0.39 is 33.1 Å². The third-order valence-corrected chi connectivity index (χ3v) is 5.16. The first-order valence-corrected chi connectivity index (χ1v) is 11.8. The Balaban J connectivity index is 3.93. The number of aliphatic hydroxyl groups is 1. The molecule has 168 valence electrons. The highest BCUT2D eigenvalue weighted by Gasteiger charge is 2.25. The number of unbranched alkanes of at least 4 members (excludes halogenated alkanes) is 7. The SMILES string of the molecule is CCCCCCCCCCC(=O)O[C@@H](CO)COP(=O)(O)OCC[N+](C)(C)C. The van der Waals surface area contributed by atoms with Gasteiger partial charge in [-0.1, -0.05) is 51.9 Å². The Bertz CT molecular complexity index is 454. The third-order valence-electron chi connectivity index (χ3n) is 4.18. The summed E-state index contributed by atoms with van der Waals surface area (Å²) >= 11 is 0. The number of carbonyl (C=O) groups is 1. The molecule has 0 aromatic carbocycles. The zero-order valence-corrected chi connectivity index (χ0v) is 19.0. The standard InChI is InChI=1S/C19H40NO7P/c1-5-6-7-8-9-10-11-12-13-19(22)27-18(16-21)17-26-28(23,24)25-15-14-20(2,3)4/h18,21H,5-17H2,1-4H3/p+1/t18-/m0/s1. The van der Waals surface area contributed by atoms with E-state index in [1.54, 1.807) is 0 Å². The summed E-state index contributed by atoms with van der Waals surface area (Å²) in [5.41, 5.74) is 0. The largest absolute Gasteiger partial charge is 0.472 e. The fraction of sp³-hybridized carbons (Fsp3) is 0.947. The van der Waals surface area contributed by atoms with Gasteiger partial charge in [-0.2, -0.15) is 0 Å². The number of phosphoric ester groups is 1. The van der Waals surface area contributed by atoms with Crippen molar-refractivity contribution in [1.82, 2.24) is 0 Å². The molecule has 2 N–H and O–H groups in total. The second kappa shape index (κ2) is 15.4. The van der Waals surface area contributed by atoms with Crippen LogP contribution in [0.15, 0.2) is 0 Å². The number of hydrogen-bond acceptors (Lipinski definition) is 6. The van der Waals surface area contributed by atoms with Crippen LogP contribution < -0.4 is 0 Å². The molecule has 0 bridgehead atoms. The Morgan fingerprint density at radius 3 is 2.11 bits per heavy atom. The molecule has 2 atom stereocenters. The number of aliphatic hydroxyl groups excluding tert-OH is 1. The van der Waals surface area contributed by atoms with Crippen molar-refractivity contribution in [2.75, 3.05) is 47.5 Å². The Morgan fingerprint density at radius 2 is 1.57 bits per heavy atom.